The van der Waals surface area contributed by atoms with E-state index < -0.39 is 20.9 Å². The second kappa shape index (κ2) is 7.55. The molecule has 0 aliphatic carbocycles. The zero-order valence-electron chi connectivity index (χ0n) is 11.5. The Morgan fingerprint density at radius 3 is 2.26 bits per heavy atom. The van der Waals surface area contributed by atoms with Crippen LogP contribution in [0.3, 0.4) is 0 Å². The Kier molecular flexibility index (Phi) is 6.37. The lowest BCUT2D eigenvalue weighted by Gasteiger charge is -2.21. The number of nitrogens with zero attached hydrogens (tertiary/aromatic N) is 2. The van der Waals surface area contributed by atoms with Crippen molar-refractivity contribution in [3.8, 4) is 0 Å². The number of halogens is 1. The number of pyridine rings is 1. The molecule has 0 atom stereocenters. The first kappa shape index (κ1) is 16.0. The molecule has 19 heavy (non-hydrogen) atoms. The first-order valence-corrected chi connectivity index (χ1v) is 8.08. The minimum Gasteiger partial charge on any atom is -0.241 e. The predicted molar refractivity (Wildman–Crippen MR) is 72.8 cm³/mol. The Labute approximate surface area is 114 Å². The van der Waals surface area contributed by atoms with Crippen LogP contribution in [-0.4, -0.2) is 30.8 Å². The second-order valence-electron chi connectivity index (χ2n) is 4.40. The highest BCUT2D eigenvalue weighted by Crippen LogP contribution is 2.17. The molecular weight excluding hydrogens is 267 g/mol. The highest BCUT2D eigenvalue weighted by atomic mass is 32.2. The van der Waals surface area contributed by atoms with Crippen LogP contribution in [0, 0.1) is 5.82 Å². The lowest BCUT2D eigenvalue weighted by Crippen LogP contribution is -2.34. The molecule has 0 spiro atoms. The fraction of sp³-hybridized carbons (Fsp3) is 0.615. The van der Waals surface area contributed by atoms with Crippen molar-refractivity contribution < 1.29 is 12.8 Å². The van der Waals surface area contributed by atoms with Crippen LogP contribution in [0.2, 0.25) is 0 Å². The average molecular weight is 288 g/mol. The van der Waals surface area contributed by atoms with Crippen LogP contribution >= 0.6 is 0 Å². The van der Waals surface area contributed by atoms with Crippen LogP contribution in [0.5, 0.6) is 0 Å². The molecular formula is C13H21FN2O2S. The van der Waals surface area contributed by atoms with Crippen molar-refractivity contribution in [3.63, 3.8) is 0 Å². The van der Waals surface area contributed by atoms with Gasteiger partial charge in [-0.25, -0.2) is 17.8 Å². The number of rotatable bonds is 8. The molecule has 0 saturated carbocycles. The van der Waals surface area contributed by atoms with Gasteiger partial charge in [-0.2, -0.15) is 4.31 Å². The lowest BCUT2D eigenvalue weighted by atomic mass is 10.3. The molecule has 0 fully saturated rings. The van der Waals surface area contributed by atoms with Gasteiger partial charge in [-0.3, -0.25) is 0 Å². The summed E-state index contributed by atoms with van der Waals surface area (Å²) in [5.41, 5.74) is 0. The molecule has 1 rings (SSSR count). The molecule has 108 valence electrons. The summed E-state index contributed by atoms with van der Waals surface area (Å²) < 4.78 is 39.7. The Bertz CT molecular complexity index is 483. The molecule has 1 heterocycles. The van der Waals surface area contributed by atoms with Crippen molar-refractivity contribution in [2.45, 2.75) is 44.6 Å². The summed E-state index contributed by atoms with van der Waals surface area (Å²) in [5, 5.41) is -0.470. The Balaban J connectivity index is 3.01. The average Bonchev–Trinajstić information content (AvgIpc) is 2.39. The van der Waals surface area contributed by atoms with E-state index in [0.717, 1.165) is 31.7 Å². The lowest BCUT2D eigenvalue weighted by molar-refractivity contribution is 0.390. The highest BCUT2D eigenvalue weighted by molar-refractivity contribution is 7.89. The van der Waals surface area contributed by atoms with E-state index in [1.807, 2.05) is 13.8 Å². The molecule has 1 aromatic rings. The minimum atomic E-state index is -3.83. The fourth-order valence-corrected chi connectivity index (χ4v) is 3.20. The summed E-state index contributed by atoms with van der Waals surface area (Å²) in [6.45, 7) is 4.81. The molecule has 0 aliphatic rings. The van der Waals surface area contributed by atoms with Crippen molar-refractivity contribution in [3.05, 3.63) is 24.1 Å². The summed E-state index contributed by atoms with van der Waals surface area (Å²) in [6, 6.07) is 2.51. The van der Waals surface area contributed by atoms with Gasteiger partial charge in [0.05, 0.1) is 0 Å². The van der Waals surface area contributed by atoms with Gasteiger partial charge in [0.2, 0.25) is 5.03 Å². The van der Waals surface area contributed by atoms with Gasteiger partial charge in [-0.15, -0.1) is 0 Å². The van der Waals surface area contributed by atoms with Gasteiger partial charge in [-0.1, -0.05) is 26.7 Å². The van der Waals surface area contributed by atoms with E-state index in [2.05, 4.69) is 4.98 Å². The summed E-state index contributed by atoms with van der Waals surface area (Å²) in [6.07, 6.45) is 4.61. The third-order valence-corrected chi connectivity index (χ3v) is 4.67. The van der Waals surface area contributed by atoms with Crippen LogP contribution in [-0.2, 0) is 10.0 Å². The van der Waals surface area contributed by atoms with E-state index in [-0.39, 0.29) is 0 Å². The van der Waals surface area contributed by atoms with Crippen LogP contribution < -0.4 is 0 Å². The van der Waals surface area contributed by atoms with Gasteiger partial charge in [0.1, 0.15) is 0 Å². The van der Waals surface area contributed by atoms with Gasteiger partial charge in [0.15, 0.2) is 5.82 Å². The van der Waals surface area contributed by atoms with Gasteiger partial charge in [0.25, 0.3) is 10.0 Å². The zero-order chi connectivity index (χ0) is 14.3. The Morgan fingerprint density at radius 1 is 1.21 bits per heavy atom. The molecule has 0 aromatic carbocycles. The third kappa shape index (κ3) is 4.24. The number of hydrogen-bond donors (Lipinski definition) is 0. The van der Waals surface area contributed by atoms with Crippen LogP contribution in [0.4, 0.5) is 4.39 Å². The summed E-state index contributed by atoms with van der Waals surface area (Å²) in [5.74, 6) is -0.791. The first-order chi connectivity index (χ1) is 9.04. The van der Waals surface area contributed by atoms with E-state index in [1.54, 1.807) is 0 Å². The van der Waals surface area contributed by atoms with Crippen LogP contribution in [0.25, 0.3) is 0 Å². The molecule has 0 bridgehead atoms. The van der Waals surface area contributed by atoms with Gasteiger partial charge in [0, 0.05) is 19.3 Å². The molecule has 0 saturated heterocycles. The summed E-state index contributed by atoms with van der Waals surface area (Å²) in [4.78, 5) is 3.68. The van der Waals surface area contributed by atoms with Gasteiger partial charge >= 0.3 is 0 Å². The van der Waals surface area contributed by atoms with Crippen LogP contribution in [0.15, 0.2) is 23.4 Å². The highest BCUT2D eigenvalue weighted by Gasteiger charge is 2.27. The maximum absolute atomic E-state index is 13.6. The molecule has 4 nitrogen and oxygen atoms in total. The molecule has 1 aromatic heterocycles. The van der Waals surface area contributed by atoms with Gasteiger partial charge in [-0.05, 0) is 25.0 Å². The molecule has 0 N–H and O–H groups in total. The van der Waals surface area contributed by atoms with E-state index in [9.17, 15) is 12.8 Å². The van der Waals surface area contributed by atoms with E-state index in [1.165, 1.54) is 16.6 Å². The molecule has 6 heteroatoms. The van der Waals surface area contributed by atoms with E-state index in [4.69, 9.17) is 0 Å². The summed E-state index contributed by atoms with van der Waals surface area (Å²) >= 11 is 0. The number of sulfonamides is 1. The van der Waals surface area contributed by atoms with Crippen molar-refractivity contribution in [2.24, 2.45) is 0 Å². The minimum absolute atomic E-state index is 0.412. The van der Waals surface area contributed by atoms with Crippen molar-refractivity contribution in [2.75, 3.05) is 13.1 Å². The monoisotopic (exact) mass is 288 g/mol. The second-order valence-corrected chi connectivity index (χ2v) is 6.25. The van der Waals surface area contributed by atoms with Crippen molar-refractivity contribution in [1.29, 1.82) is 0 Å². The predicted octanol–water partition coefficient (Wildman–Crippen LogP) is 2.81. The van der Waals surface area contributed by atoms with Gasteiger partial charge < -0.3 is 0 Å². The Hall–Kier alpha value is -1.01. The topological polar surface area (TPSA) is 50.3 Å². The molecule has 0 radical (unpaired) electrons. The molecule has 0 amide bonds. The Morgan fingerprint density at radius 2 is 1.79 bits per heavy atom. The largest absolute Gasteiger partial charge is 0.263 e. The molecule has 0 aliphatic heterocycles. The van der Waals surface area contributed by atoms with E-state index >= 15 is 0 Å². The van der Waals surface area contributed by atoms with Crippen LogP contribution in [0.1, 0.15) is 39.5 Å². The van der Waals surface area contributed by atoms with Crippen molar-refractivity contribution in [1.82, 2.24) is 9.29 Å². The maximum atomic E-state index is 13.6. The van der Waals surface area contributed by atoms with Crippen molar-refractivity contribution >= 4 is 10.0 Å². The number of hydrogen-bond acceptors (Lipinski definition) is 3. The fourth-order valence-electron chi connectivity index (χ4n) is 1.70. The third-order valence-electron chi connectivity index (χ3n) is 2.83. The quantitative estimate of drug-likeness (QED) is 0.739. The standard InChI is InChI=1S/C13H21FN2O2S/c1-3-5-10-16(11-6-4-2)19(17,18)13-12(14)8-7-9-15-13/h7-9H,3-6,10-11H2,1-2H3. The summed E-state index contributed by atoms with van der Waals surface area (Å²) in [7, 11) is -3.83. The zero-order valence-corrected chi connectivity index (χ0v) is 12.3. The normalized spacial score (nSPS) is 12.0. The number of aromatic nitrogens is 1. The maximum Gasteiger partial charge on any atom is 0.263 e. The first-order valence-electron chi connectivity index (χ1n) is 6.64. The van der Waals surface area contributed by atoms with E-state index in [0.29, 0.717) is 13.1 Å². The number of unbranched alkanes of at least 4 members (excludes halogenated alkanes) is 2. The molecule has 0 unspecified atom stereocenters. The SMILES string of the molecule is CCCCN(CCCC)S(=O)(=O)c1ncccc1F. The smallest absolute Gasteiger partial charge is 0.241 e.